The minimum Gasteiger partial charge on any atom is -0.467 e. The molecule has 8 nitrogen and oxygen atoms in total. The Labute approximate surface area is 283 Å². The fourth-order valence-electron chi connectivity index (χ4n) is 11.3. The van der Waals surface area contributed by atoms with Gasteiger partial charge in [-0.3, -0.25) is 9.59 Å². The van der Waals surface area contributed by atoms with Gasteiger partial charge in [-0.1, -0.05) is 66.0 Å². The third-order valence-electron chi connectivity index (χ3n) is 13.8. The van der Waals surface area contributed by atoms with Crippen molar-refractivity contribution in [1.82, 2.24) is 0 Å². The molecule has 0 aromatic heterocycles. The molecule has 8 heteroatoms. The first-order chi connectivity index (χ1) is 22.2. The summed E-state index contributed by atoms with van der Waals surface area (Å²) in [7, 11) is 1.24. The van der Waals surface area contributed by atoms with E-state index >= 15 is 0 Å². The summed E-state index contributed by atoms with van der Waals surface area (Å²) in [6, 6.07) is 0. The van der Waals surface area contributed by atoms with Gasteiger partial charge in [-0.15, -0.1) is 0 Å². The average Bonchev–Trinajstić information content (AvgIpc) is 3.53. The van der Waals surface area contributed by atoms with Gasteiger partial charge in [-0.25, -0.2) is 4.79 Å². The smallest absolute Gasteiger partial charge is 0.339 e. The van der Waals surface area contributed by atoms with Gasteiger partial charge in [0.2, 0.25) is 0 Å². The van der Waals surface area contributed by atoms with Crippen LogP contribution in [-0.2, 0) is 38.1 Å². The van der Waals surface area contributed by atoms with E-state index in [0.717, 1.165) is 61.2 Å². The summed E-state index contributed by atoms with van der Waals surface area (Å²) in [5, 5.41) is 0. The van der Waals surface area contributed by atoms with Crippen LogP contribution in [0.15, 0.2) is 11.6 Å². The second-order valence-electron chi connectivity index (χ2n) is 16.6. The van der Waals surface area contributed by atoms with Crippen LogP contribution in [0.5, 0.6) is 0 Å². The first-order valence-corrected chi connectivity index (χ1v) is 18.7. The quantitative estimate of drug-likeness (QED) is 0.126. The van der Waals surface area contributed by atoms with Gasteiger partial charge in [0.25, 0.3) is 0 Å². The maximum absolute atomic E-state index is 12.6. The molecule has 5 aliphatic rings. The highest BCUT2D eigenvalue weighted by atomic mass is 16.7. The van der Waals surface area contributed by atoms with Crippen molar-refractivity contribution in [2.45, 2.75) is 157 Å². The summed E-state index contributed by atoms with van der Waals surface area (Å²) < 4.78 is 28.3. The van der Waals surface area contributed by atoms with E-state index in [4.69, 9.17) is 23.7 Å². The van der Waals surface area contributed by atoms with Crippen molar-refractivity contribution >= 4 is 17.9 Å². The van der Waals surface area contributed by atoms with E-state index in [1.54, 1.807) is 0 Å². The zero-order valence-electron chi connectivity index (χ0n) is 30.5. The molecule has 266 valence electrons. The minimum absolute atomic E-state index is 0.153. The van der Waals surface area contributed by atoms with Crippen LogP contribution >= 0.6 is 0 Å². The number of carbonyl (C=O) groups excluding carboxylic acids is 3. The largest absolute Gasteiger partial charge is 0.467 e. The lowest BCUT2D eigenvalue weighted by atomic mass is 9.47. The highest BCUT2D eigenvalue weighted by Gasteiger charge is 2.60. The third-order valence-corrected chi connectivity index (χ3v) is 13.8. The molecular formula is C39H62O8. The SMILES string of the molecule is CC[C@H](CC[C@@H](C)[C@@H]1CC[C@H]2[C@@H]3CC=C4C[C@@H](O[C@H]5O[C@@H](C(=O)OC)[C@H](OC(C)=O)[C@H]5OC(C)=O)CC[C@]4(C)[C@H]3CC[C@@]21C)C(C)C. The van der Waals surface area contributed by atoms with Crippen LogP contribution < -0.4 is 0 Å². The van der Waals surface area contributed by atoms with Crippen LogP contribution in [0, 0.1) is 52.3 Å². The van der Waals surface area contributed by atoms with Crippen molar-refractivity contribution in [2.75, 3.05) is 7.11 Å². The molecule has 5 rings (SSSR count). The van der Waals surface area contributed by atoms with Gasteiger partial charge in [-0.2, -0.15) is 0 Å². The van der Waals surface area contributed by atoms with Gasteiger partial charge in [0.1, 0.15) is 0 Å². The lowest BCUT2D eigenvalue weighted by molar-refractivity contribution is -0.211. The first-order valence-electron chi connectivity index (χ1n) is 18.7. The summed E-state index contributed by atoms with van der Waals surface area (Å²) in [5.41, 5.74) is 2.08. The summed E-state index contributed by atoms with van der Waals surface area (Å²) in [5.74, 6) is 3.60. The number of methoxy groups -OCH3 is 1. The van der Waals surface area contributed by atoms with Crippen LogP contribution in [0.3, 0.4) is 0 Å². The number of hydrogen-bond donors (Lipinski definition) is 0. The van der Waals surface area contributed by atoms with E-state index in [2.05, 4.69) is 47.6 Å². The van der Waals surface area contributed by atoms with Gasteiger partial charge >= 0.3 is 17.9 Å². The predicted molar refractivity (Wildman–Crippen MR) is 179 cm³/mol. The predicted octanol–water partition coefficient (Wildman–Crippen LogP) is 7.81. The molecule has 0 amide bonds. The minimum atomic E-state index is -1.24. The van der Waals surface area contributed by atoms with Crippen LogP contribution in [0.25, 0.3) is 0 Å². The fraction of sp³-hybridized carbons (Fsp3) is 0.872. The van der Waals surface area contributed by atoms with E-state index in [-0.39, 0.29) is 11.5 Å². The Morgan fingerprint density at radius 2 is 1.64 bits per heavy atom. The van der Waals surface area contributed by atoms with Crippen LogP contribution in [0.4, 0.5) is 0 Å². The Morgan fingerprint density at radius 3 is 2.28 bits per heavy atom. The molecule has 0 bridgehead atoms. The monoisotopic (exact) mass is 658 g/mol. The van der Waals surface area contributed by atoms with Gasteiger partial charge in [0.05, 0.1) is 13.2 Å². The molecule has 47 heavy (non-hydrogen) atoms. The van der Waals surface area contributed by atoms with Crippen LogP contribution in [0.2, 0.25) is 0 Å². The molecule has 1 heterocycles. The Morgan fingerprint density at radius 1 is 0.936 bits per heavy atom. The molecule has 0 spiro atoms. The summed E-state index contributed by atoms with van der Waals surface area (Å²) >= 11 is 0. The first kappa shape index (κ1) is 36.4. The number of hydrogen-bond acceptors (Lipinski definition) is 8. The summed E-state index contributed by atoms with van der Waals surface area (Å²) in [4.78, 5) is 36.5. The normalized spacial score (nSPS) is 40.8. The zero-order chi connectivity index (χ0) is 34.3. The molecule has 3 saturated carbocycles. The molecule has 4 aliphatic carbocycles. The van der Waals surface area contributed by atoms with Crippen molar-refractivity contribution in [3.8, 4) is 0 Å². The van der Waals surface area contributed by atoms with Gasteiger partial charge in [0, 0.05) is 13.8 Å². The summed E-state index contributed by atoms with van der Waals surface area (Å²) in [6.45, 7) is 17.4. The molecule has 13 atom stereocenters. The molecule has 1 aliphatic heterocycles. The summed E-state index contributed by atoms with van der Waals surface area (Å²) in [6.07, 6.45) is 11.1. The standard InChI is InChI=1S/C39H62O8/c1-10-26(22(2)3)12-11-23(4)30-15-16-31-29-14-13-27-21-28(17-19-38(27,7)32(29)18-20-39(30,31)8)46-37-35(45-25(6)41)33(44-24(5)40)34(47-37)36(42)43-9/h13,22-23,26,28-35,37H,10-12,14-21H2,1-9H3/t23-,26-,28+,29+,30+,31+,32+,33+,34-,35-,37+,38+,39-/m1/s1. The van der Waals surface area contributed by atoms with Gasteiger partial charge < -0.3 is 23.7 Å². The maximum Gasteiger partial charge on any atom is 0.339 e. The van der Waals surface area contributed by atoms with Gasteiger partial charge in [0.15, 0.2) is 24.6 Å². The number of allylic oxidation sites excluding steroid dienone is 1. The third kappa shape index (κ3) is 7.07. The Balaban J connectivity index is 1.27. The molecule has 0 radical (unpaired) electrons. The molecule has 4 fully saturated rings. The van der Waals surface area contributed by atoms with E-state index in [1.165, 1.54) is 71.5 Å². The topological polar surface area (TPSA) is 97.4 Å². The van der Waals surface area contributed by atoms with Crippen LogP contribution in [-0.4, -0.2) is 55.7 Å². The van der Waals surface area contributed by atoms with E-state index in [1.807, 2.05) is 0 Å². The van der Waals surface area contributed by atoms with E-state index in [0.29, 0.717) is 11.3 Å². The molecule has 0 aromatic carbocycles. The molecular weight excluding hydrogens is 596 g/mol. The number of rotatable bonds is 11. The lowest BCUT2D eigenvalue weighted by Gasteiger charge is -2.58. The molecule has 1 saturated heterocycles. The average molecular weight is 659 g/mol. The van der Waals surface area contributed by atoms with Crippen molar-refractivity contribution in [2.24, 2.45) is 52.3 Å². The van der Waals surface area contributed by atoms with E-state index in [9.17, 15) is 14.4 Å². The van der Waals surface area contributed by atoms with E-state index < -0.39 is 42.5 Å². The number of carbonyl (C=O) groups is 3. The molecule has 0 aromatic rings. The van der Waals surface area contributed by atoms with Crippen molar-refractivity contribution in [3.63, 3.8) is 0 Å². The molecule has 0 unspecified atom stereocenters. The second-order valence-corrected chi connectivity index (χ2v) is 16.6. The van der Waals surface area contributed by atoms with Crippen molar-refractivity contribution in [3.05, 3.63) is 11.6 Å². The maximum atomic E-state index is 12.6. The van der Waals surface area contributed by atoms with Crippen molar-refractivity contribution < 1.29 is 38.1 Å². The number of ether oxygens (including phenoxy) is 5. The zero-order valence-corrected chi connectivity index (χ0v) is 30.5. The van der Waals surface area contributed by atoms with Crippen LogP contribution in [0.1, 0.15) is 126 Å². The van der Waals surface area contributed by atoms with Crippen molar-refractivity contribution in [1.29, 1.82) is 0 Å². The number of fused-ring (bicyclic) bond motifs is 5. The van der Waals surface area contributed by atoms with Gasteiger partial charge in [-0.05, 0) is 110 Å². The number of esters is 3. The second kappa shape index (κ2) is 14.5. The Bertz CT molecular complexity index is 1180. The highest BCUT2D eigenvalue weighted by molar-refractivity contribution is 5.77. The Kier molecular flexibility index (Phi) is 11.2. The highest BCUT2D eigenvalue weighted by Crippen LogP contribution is 2.67. The Hall–Kier alpha value is -1.93. The lowest BCUT2D eigenvalue weighted by Crippen LogP contribution is -2.51. The fourth-order valence-corrected chi connectivity index (χ4v) is 11.3. The molecule has 0 N–H and O–H groups in total.